The first-order chi connectivity index (χ1) is 36.0. The lowest BCUT2D eigenvalue weighted by molar-refractivity contribution is -0.122. The quantitative estimate of drug-likeness (QED) is 0.0732. The fourth-order valence-electron chi connectivity index (χ4n) is 18.5. The number of aromatic nitrogens is 2. The van der Waals surface area contributed by atoms with Crippen molar-refractivity contribution < 1.29 is 34.7 Å². The molecule has 12 unspecified atom stereocenters. The van der Waals surface area contributed by atoms with Crippen molar-refractivity contribution in [3.63, 3.8) is 0 Å². The Labute approximate surface area is 435 Å². The van der Waals surface area contributed by atoms with Gasteiger partial charge in [0.05, 0.1) is 35.2 Å². The predicted molar refractivity (Wildman–Crippen MR) is 282 cm³/mol. The summed E-state index contributed by atoms with van der Waals surface area (Å²) in [6.45, 7) is 0.843. The number of fused-ring (bicyclic) bond motifs is 12. The average Bonchev–Trinajstić information content (AvgIpc) is 4.32. The van der Waals surface area contributed by atoms with Gasteiger partial charge in [0.2, 0.25) is 0 Å². The number of hydrogen-bond donors (Lipinski definition) is 7. The van der Waals surface area contributed by atoms with Gasteiger partial charge in [0.15, 0.2) is 17.7 Å². The van der Waals surface area contributed by atoms with E-state index < -0.39 is 41.8 Å². The number of Topliss-reactive ketones (excluding diaryl/α,β-unsaturated/α-hetero) is 1. The maximum absolute atomic E-state index is 13.8. The number of aromatic amines is 1. The molecule has 0 amide bonds. The van der Waals surface area contributed by atoms with Crippen molar-refractivity contribution in [3.05, 3.63) is 87.9 Å². The summed E-state index contributed by atoms with van der Waals surface area (Å²) in [7, 11) is 0. The number of aryl methyl sites for hydroxylation is 1. The number of allylic oxidation sites excluding steroid dienone is 1. The lowest BCUT2D eigenvalue weighted by Crippen LogP contribution is -2.56. The van der Waals surface area contributed by atoms with Crippen LogP contribution in [0.5, 0.6) is 17.2 Å². The van der Waals surface area contributed by atoms with Crippen LogP contribution in [0.3, 0.4) is 0 Å². The maximum atomic E-state index is 13.8. The van der Waals surface area contributed by atoms with Gasteiger partial charge in [-0.2, -0.15) is 0 Å². The molecule has 4 aromatic rings. The highest BCUT2D eigenvalue weighted by atomic mass is 16.5. The topological polar surface area (TPSA) is 175 Å². The van der Waals surface area contributed by atoms with Crippen LogP contribution in [0.1, 0.15) is 199 Å². The normalized spacial score (nSPS) is 33.8. The van der Waals surface area contributed by atoms with Gasteiger partial charge in [-0.25, -0.2) is 0 Å². The van der Waals surface area contributed by atoms with E-state index >= 15 is 0 Å². The zero-order valence-electron chi connectivity index (χ0n) is 42.8. The first kappa shape index (κ1) is 47.4. The molecule has 5 fully saturated rings. The summed E-state index contributed by atoms with van der Waals surface area (Å²) in [5.74, 6) is 12.4. The minimum Gasteiger partial charge on any atom is -0.508 e. The second kappa shape index (κ2) is 18.1. The van der Waals surface area contributed by atoms with Crippen LogP contribution in [0.4, 0.5) is 0 Å². The molecule has 0 saturated heterocycles. The summed E-state index contributed by atoms with van der Waals surface area (Å²) >= 11 is 0. The zero-order chi connectivity index (χ0) is 50.1. The number of rotatable bonds is 6. The summed E-state index contributed by atoms with van der Waals surface area (Å²) in [6.07, 6.45) is 29.4. The van der Waals surface area contributed by atoms with Crippen molar-refractivity contribution in [2.24, 2.45) is 51.6 Å². The van der Waals surface area contributed by atoms with Crippen LogP contribution in [0.25, 0.3) is 10.9 Å². The van der Waals surface area contributed by atoms with E-state index in [0.717, 1.165) is 79.4 Å². The molecule has 2 aromatic heterocycles. The van der Waals surface area contributed by atoms with Crippen LogP contribution >= 0.6 is 0 Å². The summed E-state index contributed by atoms with van der Waals surface area (Å²) in [6, 6.07) is 7.61. The van der Waals surface area contributed by atoms with Crippen LogP contribution in [0.2, 0.25) is 0 Å². The molecule has 5 saturated carbocycles. The number of ether oxygens (including phenoxy) is 2. The van der Waals surface area contributed by atoms with E-state index in [1.54, 1.807) is 12.1 Å². The number of aliphatic hydroxyl groups is 3. The lowest BCUT2D eigenvalue weighted by Gasteiger charge is -2.62. The first-order valence-corrected chi connectivity index (χ1v) is 28.9. The lowest BCUT2D eigenvalue weighted by atomic mass is 9.43. The third kappa shape index (κ3) is 7.22. The van der Waals surface area contributed by atoms with Crippen molar-refractivity contribution in [1.82, 2.24) is 14.9 Å². The van der Waals surface area contributed by atoms with Crippen LogP contribution in [0.15, 0.2) is 54.5 Å². The highest BCUT2D eigenvalue weighted by Gasteiger charge is 2.66. The zero-order valence-corrected chi connectivity index (χ0v) is 42.8. The van der Waals surface area contributed by atoms with Gasteiger partial charge in [-0.15, -0.1) is 0 Å². The van der Waals surface area contributed by atoms with Gasteiger partial charge in [-0.1, -0.05) is 99.3 Å². The van der Waals surface area contributed by atoms with Gasteiger partial charge in [0.25, 0.3) is 0 Å². The van der Waals surface area contributed by atoms with E-state index in [-0.39, 0.29) is 59.5 Å². The van der Waals surface area contributed by atoms with Crippen molar-refractivity contribution in [3.8, 4) is 41.1 Å². The Morgan fingerprint density at radius 2 is 1.65 bits per heavy atom. The summed E-state index contributed by atoms with van der Waals surface area (Å²) < 4.78 is 15.7. The predicted octanol–water partition coefficient (Wildman–Crippen LogP) is 10.5. The largest absolute Gasteiger partial charge is 0.508 e. The van der Waals surface area contributed by atoms with Gasteiger partial charge in [0.1, 0.15) is 23.7 Å². The van der Waals surface area contributed by atoms with Crippen LogP contribution in [-0.4, -0.2) is 54.5 Å². The third-order valence-electron chi connectivity index (χ3n) is 21.8. The molecule has 5 heterocycles. The molecule has 7 aliphatic carbocycles. The van der Waals surface area contributed by atoms with E-state index in [1.165, 1.54) is 92.9 Å². The number of aromatic hydroxyl groups is 1. The smallest absolute Gasteiger partial charge is 0.191 e. The molecular formula is C63H74N4O7. The van der Waals surface area contributed by atoms with Gasteiger partial charge >= 0.3 is 0 Å². The Hall–Kier alpha value is -5.01. The van der Waals surface area contributed by atoms with E-state index in [0.29, 0.717) is 35.5 Å². The number of carbonyl (C=O) groups excluding carboxylic acids is 1. The number of H-pyrrole nitrogens is 1. The number of nitrogens with zero attached hydrogens (tertiary/aromatic N) is 1. The van der Waals surface area contributed by atoms with E-state index in [4.69, 9.17) is 15.2 Å². The van der Waals surface area contributed by atoms with Crippen molar-refractivity contribution in [2.75, 3.05) is 6.54 Å². The molecule has 388 valence electrons. The number of nitrogens with two attached hydrogens (primary N) is 1. The van der Waals surface area contributed by atoms with Gasteiger partial charge in [0, 0.05) is 67.2 Å². The highest BCUT2D eigenvalue weighted by Crippen LogP contribution is 2.75. The van der Waals surface area contributed by atoms with E-state index in [9.17, 15) is 25.2 Å². The first-order valence-electron chi connectivity index (χ1n) is 28.9. The van der Waals surface area contributed by atoms with Crippen molar-refractivity contribution >= 4 is 16.7 Å². The number of phenols is 1. The molecule has 3 aliphatic heterocycles. The average molecular weight is 999 g/mol. The molecule has 2 bridgehead atoms. The summed E-state index contributed by atoms with van der Waals surface area (Å²) in [5, 5.41) is 52.2. The standard InChI is InChI=1S/C63H74N4O7/c64-59-42-16-15-41-50(69)18-17-47-60(67-34-46-45(32-65-49(46)35-67)58-57(41)56(42)48(33-66-59)62(21-5-6-22-62)63(58)23-7-8-24-63)74-55-28-38(51(70)31-54(55)73-26-25-61(47)19-3-4-20-61)13-14-39(68)29-52(71)44-27-37-12-11-36-9-1-2-10-40(36)43(37)30-53(44)72/h15-16,27-28,31-32,34-36,40,43-44,47-48,50,52-53,58-60,65-66,69-72H,1-14,19-24,29-30,33,64H2. The molecule has 3 spiro atoms. The van der Waals surface area contributed by atoms with Crippen molar-refractivity contribution in [2.45, 2.75) is 184 Å². The number of nitrogens with one attached hydrogen (secondary N) is 2. The molecule has 14 rings (SSSR count). The van der Waals surface area contributed by atoms with Gasteiger partial charge in [-0.3, -0.25) is 10.1 Å². The molecule has 10 aliphatic rings. The molecule has 11 nitrogen and oxygen atoms in total. The fourth-order valence-corrected chi connectivity index (χ4v) is 18.5. The third-order valence-corrected chi connectivity index (χ3v) is 21.8. The minimum absolute atomic E-state index is 0.00691. The Morgan fingerprint density at radius 3 is 2.47 bits per heavy atom. The number of aliphatic hydroxyl groups excluding tert-OH is 3. The monoisotopic (exact) mass is 999 g/mol. The number of ketones is 1. The van der Waals surface area contributed by atoms with Crippen LogP contribution < -0.4 is 20.5 Å². The number of carbonyl (C=O) groups is 1. The molecule has 0 radical (unpaired) electrons. The highest BCUT2D eigenvalue weighted by molar-refractivity contribution is 5.85. The Bertz CT molecular complexity index is 3050. The Balaban J connectivity index is 0.820. The van der Waals surface area contributed by atoms with Gasteiger partial charge in [-0.05, 0) is 139 Å². The molecule has 2 aromatic carbocycles. The maximum Gasteiger partial charge on any atom is 0.191 e. The summed E-state index contributed by atoms with van der Waals surface area (Å²) in [4.78, 5) is 17.5. The van der Waals surface area contributed by atoms with Crippen LogP contribution in [-0.2, 0) is 11.2 Å². The Morgan fingerprint density at radius 1 is 0.878 bits per heavy atom. The van der Waals surface area contributed by atoms with Gasteiger partial charge < -0.3 is 45.2 Å². The molecule has 74 heavy (non-hydrogen) atoms. The molecule has 8 N–H and O–H groups in total. The van der Waals surface area contributed by atoms with Crippen LogP contribution in [0, 0.1) is 69.7 Å². The summed E-state index contributed by atoms with van der Waals surface area (Å²) in [5.41, 5.74) is 15.3. The second-order valence-electron chi connectivity index (χ2n) is 25.0. The SMILES string of the molecule is NC1NCC2c3c1ccc1c3C(c3c[nH]c4cn(cc34)C3Oc4cc(CCC(=O)CC(O)C5C=C6CCC7CCCCC7C6CC5O)c(O)cc4OC#CC4(CCCC4)C3C#CC1O)C1(CCCC1)C21CCCC1. The van der Waals surface area contributed by atoms with E-state index in [2.05, 4.69) is 75.5 Å². The molecule has 12 atom stereocenters. The van der Waals surface area contributed by atoms with E-state index in [1.807, 2.05) is 0 Å². The molecule has 11 heteroatoms. The second-order valence-corrected chi connectivity index (χ2v) is 25.0. The van der Waals surface area contributed by atoms with Crippen molar-refractivity contribution in [1.29, 1.82) is 0 Å². The number of phenolic OH excluding ortho intramolecular Hbond substituents is 1. The Kier molecular flexibility index (Phi) is 11.6. The minimum atomic E-state index is -1.07. The fraction of sp³-hybridized carbons (Fsp3) is 0.603. The molecular weight excluding hydrogens is 925 g/mol. The number of hydrogen-bond acceptors (Lipinski definition) is 9. The number of benzene rings is 2.